The number of nitrogens with one attached hydrogen (secondary N) is 1. The quantitative estimate of drug-likeness (QED) is 0.553. The molecule has 0 fully saturated rings. The van der Waals surface area contributed by atoms with Gasteiger partial charge in [0.15, 0.2) is 10.9 Å². The van der Waals surface area contributed by atoms with Crippen LogP contribution in [0.1, 0.15) is 35.8 Å². The zero-order valence-corrected chi connectivity index (χ0v) is 16.2. The Bertz CT molecular complexity index is 1090. The van der Waals surface area contributed by atoms with Gasteiger partial charge in [-0.1, -0.05) is 19.9 Å². The van der Waals surface area contributed by atoms with Crippen molar-refractivity contribution >= 4 is 22.4 Å². The third kappa shape index (κ3) is 3.54. The summed E-state index contributed by atoms with van der Waals surface area (Å²) in [7, 11) is 0. The number of hydrogen-bond acceptors (Lipinski definition) is 6. The van der Waals surface area contributed by atoms with E-state index in [0.29, 0.717) is 16.5 Å². The molecule has 0 spiro atoms. The fourth-order valence-electron chi connectivity index (χ4n) is 2.89. The number of carbonyl (C=O) groups excluding carboxylic acids is 1. The van der Waals surface area contributed by atoms with Crippen LogP contribution in [0, 0.1) is 0 Å². The maximum absolute atomic E-state index is 12.9. The Morgan fingerprint density at radius 3 is 2.75 bits per heavy atom. The first-order chi connectivity index (χ1) is 13.6. The van der Waals surface area contributed by atoms with Gasteiger partial charge in [0.25, 0.3) is 5.91 Å². The predicted octanol–water partition coefficient (Wildman–Crippen LogP) is 4.16. The average molecular weight is 390 g/mol. The summed E-state index contributed by atoms with van der Waals surface area (Å²) in [5.74, 6) is 0.531. The molecule has 0 bridgehead atoms. The summed E-state index contributed by atoms with van der Waals surface area (Å²) >= 11 is 1.37. The lowest BCUT2D eigenvalue weighted by Crippen LogP contribution is -2.15. The van der Waals surface area contributed by atoms with Crippen LogP contribution in [0.25, 0.3) is 17.1 Å². The van der Waals surface area contributed by atoms with Gasteiger partial charge in [0, 0.05) is 29.5 Å². The minimum absolute atomic E-state index is 0.0903. The maximum atomic E-state index is 12.9. The van der Waals surface area contributed by atoms with Crippen LogP contribution in [-0.4, -0.2) is 30.6 Å². The van der Waals surface area contributed by atoms with Gasteiger partial charge in [-0.3, -0.25) is 15.1 Å². The first-order valence-corrected chi connectivity index (χ1v) is 9.68. The zero-order valence-electron chi connectivity index (χ0n) is 15.4. The predicted molar refractivity (Wildman–Crippen MR) is 109 cm³/mol. The Balaban J connectivity index is 1.61. The van der Waals surface area contributed by atoms with Crippen molar-refractivity contribution in [3.05, 3.63) is 71.8 Å². The first kappa shape index (κ1) is 18.0. The molecule has 4 heterocycles. The smallest absolute Gasteiger partial charge is 0.260 e. The standard InChI is InChI=1S/C20H18N6OS/c1-13(2)18-15(11-23-26(18)17-7-3-4-9-22-17)19(27)25-20-24-16(12-28-20)14-6-5-8-21-10-14/h3-13H,1-2H3,(H,24,25,27). The number of anilines is 1. The number of carbonyl (C=O) groups is 1. The van der Waals surface area contributed by atoms with E-state index in [1.165, 1.54) is 11.3 Å². The van der Waals surface area contributed by atoms with Crippen LogP contribution < -0.4 is 5.32 Å². The number of pyridine rings is 2. The average Bonchev–Trinajstić information content (AvgIpc) is 3.36. The molecule has 8 heteroatoms. The summed E-state index contributed by atoms with van der Waals surface area (Å²) in [4.78, 5) is 25.8. The Labute approximate surface area is 166 Å². The number of rotatable bonds is 5. The zero-order chi connectivity index (χ0) is 19.5. The molecule has 4 aromatic rings. The normalized spacial score (nSPS) is 11.0. The van der Waals surface area contributed by atoms with Crippen LogP contribution in [0.3, 0.4) is 0 Å². The largest absolute Gasteiger partial charge is 0.298 e. The van der Waals surface area contributed by atoms with E-state index >= 15 is 0 Å². The summed E-state index contributed by atoms with van der Waals surface area (Å²) in [6.07, 6.45) is 6.74. The number of hydrogen-bond donors (Lipinski definition) is 1. The van der Waals surface area contributed by atoms with Crippen molar-refractivity contribution < 1.29 is 4.79 Å². The molecule has 1 N–H and O–H groups in total. The van der Waals surface area contributed by atoms with E-state index in [9.17, 15) is 4.79 Å². The van der Waals surface area contributed by atoms with Crippen molar-refractivity contribution in [1.82, 2.24) is 24.7 Å². The van der Waals surface area contributed by atoms with Crippen molar-refractivity contribution in [2.75, 3.05) is 5.32 Å². The molecule has 4 aromatic heterocycles. The molecule has 0 unspecified atom stereocenters. The van der Waals surface area contributed by atoms with E-state index in [4.69, 9.17) is 0 Å². The minimum Gasteiger partial charge on any atom is -0.298 e. The highest BCUT2D eigenvalue weighted by Gasteiger charge is 2.22. The van der Waals surface area contributed by atoms with Gasteiger partial charge in [-0.15, -0.1) is 11.3 Å². The molecule has 1 amide bonds. The van der Waals surface area contributed by atoms with Crippen LogP contribution in [0.2, 0.25) is 0 Å². The first-order valence-electron chi connectivity index (χ1n) is 8.80. The highest BCUT2D eigenvalue weighted by Crippen LogP contribution is 2.26. The maximum Gasteiger partial charge on any atom is 0.260 e. The number of aromatic nitrogens is 5. The van der Waals surface area contributed by atoms with Crippen LogP contribution in [0.4, 0.5) is 5.13 Å². The Morgan fingerprint density at radius 1 is 1.14 bits per heavy atom. The van der Waals surface area contributed by atoms with E-state index in [2.05, 4.69) is 25.4 Å². The molecular weight excluding hydrogens is 372 g/mol. The van der Waals surface area contributed by atoms with Crippen LogP contribution >= 0.6 is 11.3 Å². The molecule has 0 aliphatic carbocycles. The molecule has 0 atom stereocenters. The topological polar surface area (TPSA) is 85.6 Å². The van der Waals surface area contributed by atoms with Crippen LogP contribution in [0.15, 0.2) is 60.5 Å². The molecule has 4 rings (SSSR count). The second kappa shape index (κ2) is 7.69. The van der Waals surface area contributed by atoms with Gasteiger partial charge in [-0.05, 0) is 30.2 Å². The molecule has 0 aliphatic heterocycles. The van der Waals surface area contributed by atoms with E-state index in [1.54, 1.807) is 29.5 Å². The Kier molecular flexibility index (Phi) is 4.94. The fourth-order valence-corrected chi connectivity index (χ4v) is 3.61. The summed E-state index contributed by atoms with van der Waals surface area (Å²) in [5.41, 5.74) is 3.01. The monoisotopic (exact) mass is 390 g/mol. The number of amides is 1. The third-order valence-electron chi connectivity index (χ3n) is 4.15. The van der Waals surface area contributed by atoms with E-state index in [1.807, 2.05) is 49.6 Å². The van der Waals surface area contributed by atoms with Gasteiger partial charge < -0.3 is 0 Å². The van der Waals surface area contributed by atoms with Crippen molar-refractivity contribution in [2.45, 2.75) is 19.8 Å². The summed E-state index contributed by atoms with van der Waals surface area (Å²) in [6.45, 7) is 4.05. The van der Waals surface area contributed by atoms with Crippen molar-refractivity contribution in [2.24, 2.45) is 0 Å². The molecule has 0 saturated carbocycles. The van der Waals surface area contributed by atoms with Gasteiger partial charge in [0.1, 0.15) is 0 Å². The minimum atomic E-state index is -0.238. The van der Waals surface area contributed by atoms with Gasteiger partial charge in [-0.25, -0.2) is 14.6 Å². The van der Waals surface area contributed by atoms with E-state index in [0.717, 1.165) is 17.0 Å². The fraction of sp³-hybridized carbons (Fsp3) is 0.150. The second-order valence-corrected chi connectivity index (χ2v) is 7.29. The Morgan fingerprint density at radius 2 is 2.04 bits per heavy atom. The molecule has 28 heavy (non-hydrogen) atoms. The van der Waals surface area contributed by atoms with Crippen LogP contribution in [-0.2, 0) is 0 Å². The summed E-state index contributed by atoms with van der Waals surface area (Å²) in [5, 5.41) is 9.70. The summed E-state index contributed by atoms with van der Waals surface area (Å²) in [6, 6.07) is 9.39. The number of nitrogens with zero attached hydrogens (tertiary/aromatic N) is 5. The molecular formula is C20H18N6OS. The van der Waals surface area contributed by atoms with E-state index < -0.39 is 0 Å². The van der Waals surface area contributed by atoms with Crippen molar-refractivity contribution in [3.63, 3.8) is 0 Å². The highest BCUT2D eigenvalue weighted by atomic mass is 32.1. The summed E-state index contributed by atoms with van der Waals surface area (Å²) < 4.78 is 1.71. The van der Waals surface area contributed by atoms with Gasteiger partial charge in [0.2, 0.25) is 0 Å². The van der Waals surface area contributed by atoms with Gasteiger partial charge in [-0.2, -0.15) is 5.10 Å². The number of thiazole rings is 1. The highest BCUT2D eigenvalue weighted by molar-refractivity contribution is 7.14. The van der Waals surface area contributed by atoms with Gasteiger partial charge >= 0.3 is 0 Å². The lowest BCUT2D eigenvalue weighted by molar-refractivity contribution is 0.102. The lowest BCUT2D eigenvalue weighted by Gasteiger charge is -2.11. The Hall–Kier alpha value is -3.39. The van der Waals surface area contributed by atoms with Crippen molar-refractivity contribution in [3.8, 4) is 17.1 Å². The van der Waals surface area contributed by atoms with Gasteiger partial charge in [0.05, 0.1) is 23.1 Å². The lowest BCUT2D eigenvalue weighted by atomic mass is 10.1. The second-order valence-electron chi connectivity index (χ2n) is 6.43. The van der Waals surface area contributed by atoms with Crippen LogP contribution in [0.5, 0.6) is 0 Å². The molecule has 0 aromatic carbocycles. The third-order valence-corrected chi connectivity index (χ3v) is 4.90. The molecule has 7 nitrogen and oxygen atoms in total. The van der Waals surface area contributed by atoms with Crippen molar-refractivity contribution in [1.29, 1.82) is 0 Å². The molecule has 0 saturated heterocycles. The van der Waals surface area contributed by atoms with E-state index in [-0.39, 0.29) is 11.8 Å². The molecule has 0 aliphatic rings. The molecule has 140 valence electrons. The molecule has 0 radical (unpaired) electrons. The SMILES string of the molecule is CC(C)c1c(C(=O)Nc2nc(-c3cccnc3)cs2)cnn1-c1ccccn1.